The Morgan fingerprint density at radius 2 is 1.90 bits per heavy atom. The van der Waals surface area contributed by atoms with Gasteiger partial charge in [-0.15, -0.1) is 0 Å². The third-order valence-corrected chi connectivity index (χ3v) is 5.19. The normalized spacial score (nSPS) is 17.4. The first kappa shape index (κ1) is 21.2. The topological polar surface area (TPSA) is 48.7 Å². The monoisotopic (exact) mass is 408 g/mol. The number of alkyl halides is 3. The van der Waals surface area contributed by atoms with E-state index in [1.54, 1.807) is 13.2 Å². The fourth-order valence-corrected chi connectivity index (χ4v) is 3.46. The number of piperazine rings is 1. The molecule has 9 heteroatoms. The predicted octanol–water partition coefficient (Wildman–Crippen LogP) is 2.58. The molecule has 1 fully saturated rings. The SMILES string of the molecule is CN=C(NCc1cccc(Cn2cccn2)c1)N1CCN(C(C)C(F)(F)F)CC1. The molecule has 1 aromatic heterocycles. The van der Waals surface area contributed by atoms with Crippen LogP contribution in [0.3, 0.4) is 0 Å². The Balaban J connectivity index is 1.52. The quantitative estimate of drug-likeness (QED) is 0.610. The minimum absolute atomic E-state index is 0.362. The fourth-order valence-electron chi connectivity index (χ4n) is 3.46. The van der Waals surface area contributed by atoms with Crippen LogP contribution in [0.4, 0.5) is 13.2 Å². The molecule has 0 bridgehead atoms. The highest BCUT2D eigenvalue weighted by Gasteiger charge is 2.41. The number of guanidine groups is 1. The number of nitrogens with one attached hydrogen (secondary N) is 1. The van der Waals surface area contributed by atoms with Crippen molar-refractivity contribution in [2.45, 2.75) is 32.2 Å². The van der Waals surface area contributed by atoms with Gasteiger partial charge in [-0.05, 0) is 24.1 Å². The molecule has 1 N–H and O–H groups in total. The van der Waals surface area contributed by atoms with Gasteiger partial charge in [0.05, 0.1) is 6.54 Å². The average molecular weight is 408 g/mol. The average Bonchev–Trinajstić information content (AvgIpc) is 3.21. The summed E-state index contributed by atoms with van der Waals surface area (Å²) in [6.45, 7) is 4.27. The number of hydrogen-bond acceptors (Lipinski definition) is 3. The van der Waals surface area contributed by atoms with E-state index in [0.29, 0.717) is 45.2 Å². The first-order chi connectivity index (χ1) is 13.9. The molecule has 1 unspecified atom stereocenters. The zero-order valence-electron chi connectivity index (χ0n) is 16.7. The molecule has 2 aromatic rings. The van der Waals surface area contributed by atoms with Crippen molar-refractivity contribution >= 4 is 5.96 Å². The van der Waals surface area contributed by atoms with Gasteiger partial charge in [-0.2, -0.15) is 18.3 Å². The van der Waals surface area contributed by atoms with Gasteiger partial charge in [0.15, 0.2) is 5.96 Å². The number of aromatic nitrogens is 2. The van der Waals surface area contributed by atoms with Crippen molar-refractivity contribution in [3.05, 3.63) is 53.9 Å². The molecule has 2 heterocycles. The molecule has 3 rings (SSSR count). The van der Waals surface area contributed by atoms with Gasteiger partial charge >= 0.3 is 6.18 Å². The summed E-state index contributed by atoms with van der Waals surface area (Å²) in [4.78, 5) is 7.79. The van der Waals surface area contributed by atoms with Crippen LogP contribution in [0.15, 0.2) is 47.7 Å². The van der Waals surface area contributed by atoms with E-state index in [4.69, 9.17) is 0 Å². The predicted molar refractivity (Wildman–Crippen MR) is 107 cm³/mol. The van der Waals surface area contributed by atoms with Crippen molar-refractivity contribution < 1.29 is 13.2 Å². The van der Waals surface area contributed by atoms with Crippen LogP contribution in [0.25, 0.3) is 0 Å². The van der Waals surface area contributed by atoms with E-state index in [0.717, 1.165) is 11.1 Å². The lowest BCUT2D eigenvalue weighted by Gasteiger charge is -2.39. The maximum Gasteiger partial charge on any atom is 0.403 e. The van der Waals surface area contributed by atoms with Crippen LogP contribution < -0.4 is 5.32 Å². The molecule has 1 aromatic carbocycles. The Morgan fingerprint density at radius 3 is 2.52 bits per heavy atom. The van der Waals surface area contributed by atoms with Crippen molar-refractivity contribution in [2.24, 2.45) is 4.99 Å². The summed E-state index contributed by atoms with van der Waals surface area (Å²) < 4.78 is 40.6. The second-order valence-electron chi connectivity index (χ2n) is 7.16. The van der Waals surface area contributed by atoms with E-state index in [1.165, 1.54) is 11.8 Å². The highest BCUT2D eigenvalue weighted by molar-refractivity contribution is 5.80. The molecule has 158 valence electrons. The van der Waals surface area contributed by atoms with E-state index >= 15 is 0 Å². The number of benzene rings is 1. The minimum atomic E-state index is -4.19. The maximum atomic E-state index is 12.9. The molecule has 1 aliphatic heterocycles. The number of aliphatic imine (C=N–C) groups is 1. The Morgan fingerprint density at radius 1 is 1.17 bits per heavy atom. The van der Waals surface area contributed by atoms with Crippen LogP contribution in [-0.4, -0.2) is 71.0 Å². The van der Waals surface area contributed by atoms with Gasteiger partial charge in [0.1, 0.15) is 6.04 Å². The number of halogens is 3. The molecule has 1 aliphatic rings. The molecule has 1 saturated heterocycles. The highest BCUT2D eigenvalue weighted by Crippen LogP contribution is 2.25. The molecule has 29 heavy (non-hydrogen) atoms. The molecule has 0 radical (unpaired) electrons. The molecule has 0 spiro atoms. The highest BCUT2D eigenvalue weighted by atomic mass is 19.4. The fraction of sp³-hybridized carbons (Fsp3) is 0.500. The van der Waals surface area contributed by atoms with Gasteiger partial charge in [-0.1, -0.05) is 24.3 Å². The van der Waals surface area contributed by atoms with Crippen LogP contribution >= 0.6 is 0 Å². The third kappa shape index (κ3) is 5.72. The number of hydrogen-bond donors (Lipinski definition) is 1. The van der Waals surface area contributed by atoms with Gasteiger partial charge in [0, 0.05) is 52.2 Å². The van der Waals surface area contributed by atoms with Crippen molar-refractivity contribution in [1.29, 1.82) is 0 Å². The van der Waals surface area contributed by atoms with E-state index in [2.05, 4.69) is 27.5 Å². The van der Waals surface area contributed by atoms with Crippen LogP contribution in [0, 0.1) is 0 Å². The summed E-state index contributed by atoms with van der Waals surface area (Å²) in [5.74, 6) is 0.710. The molecule has 0 saturated carbocycles. The summed E-state index contributed by atoms with van der Waals surface area (Å²) >= 11 is 0. The van der Waals surface area contributed by atoms with Crippen molar-refractivity contribution in [2.75, 3.05) is 33.2 Å². The third-order valence-electron chi connectivity index (χ3n) is 5.19. The van der Waals surface area contributed by atoms with Gasteiger partial charge in [-0.25, -0.2) is 0 Å². The summed E-state index contributed by atoms with van der Waals surface area (Å²) in [7, 11) is 1.70. The summed E-state index contributed by atoms with van der Waals surface area (Å²) in [5, 5.41) is 7.55. The zero-order valence-corrected chi connectivity index (χ0v) is 16.7. The van der Waals surface area contributed by atoms with Crippen molar-refractivity contribution in [3.63, 3.8) is 0 Å². The van der Waals surface area contributed by atoms with Crippen LogP contribution in [-0.2, 0) is 13.1 Å². The molecule has 1 atom stereocenters. The van der Waals surface area contributed by atoms with Crippen molar-refractivity contribution in [3.8, 4) is 0 Å². The second-order valence-corrected chi connectivity index (χ2v) is 7.16. The summed E-state index contributed by atoms with van der Waals surface area (Å²) in [6, 6.07) is 8.69. The Hall–Kier alpha value is -2.55. The smallest absolute Gasteiger partial charge is 0.352 e. The van der Waals surface area contributed by atoms with Gasteiger partial charge in [-0.3, -0.25) is 14.6 Å². The van der Waals surface area contributed by atoms with Crippen LogP contribution in [0.5, 0.6) is 0 Å². The zero-order chi connectivity index (χ0) is 20.9. The van der Waals surface area contributed by atoms with Gasteiger partial charge in [0.25, 0.3) is 0 Å². The molecular weight excluding hydrogens is 381 g/mol. The second kappa shape index (κ2) is 9.30. The largest absolute Gasteiger partial charge is 0.403 e. The summed E-state index contributed by atoms with van der Waals surface area (Å²) in [5.41, 5.74) is 2.26. The van der Waals surface area contributed by atoms with E-state index in [-0.39, 0.29) is 0 Å². The molecular formula is C20H27F3N6. The van der Waals surface area contributed by atoms with E-state index < -0.39 is 12.2 Å². The van der Waals surface area contributed by atoms with Crippen molar-refractivity contribution in [1.82, 2.24) is 24.9 Å². The lowest BCUT2D eigenvalue weighted by atomic mass is 10.1. The Labute approximate surface area is 169 Å². The van der Waals surface area contributed by atoms with Gasteiger partial charge in [0.2, 0.25) is 0 Å². The van der Waals surface area contributed by atoms with E-state index in [9.17, 15) is 13.2 Å². The molecule has 0 amide bonds. The number of rotatable bonds is 5. The lowest BCUT2D eigenvalue weighted by molar-refractivity contribution is -0.181. The summed E-state index contributed by atoms with van der Waals surface area (Å²) in [6.07, 6.45) is -0.514. The van der Waals surface area contributed by atoms with Crippen LogP contribution in [0.1, 0.15) is 18.1 Å². The number of nitrogens with zero attached hydrogens (tertiary/aromatic N) is 5. The first-order valence-corrected chi connectivity index (χ1v) is 9.68. The van der Waals surface area contributed by atoms with Gasteiger partial charge < -0.3 is 10.2 Å². The first-order valence-electron chi connectivity index (χ1n) is 9.68. The van der Waals surface area contributed by atoms with E-state index in [1.807, 2.05) is 34.0 Å². The Bertz CT molecular complexity index is 795. The standard InChI is InChI=1S/C20H27F3N6/c1-16(20(21,22)23)27-9-11-28(12-10-27)19(24-2)25-14-17-5-3-6-18(13-17)15-29-8-4-7-26-29/h3-8,13,16H,9-12,14-15H2,1-2H3,(H,24,25). The van der Waals surface area contributed by atoms with Crippen LogP contribution in [0.2, 0.25) is 0 Å². The maximum absolute atomic E-state index is 12.9. The molecule has 6 nitrogen and oxygen atoms in total. The Kier molecular flexibility index (Phi) is 6.79. The lowest BCUT2D eigenvalue weighted by Crippen LogP contribution is -2.56. The minimum Gasteiger partial charge on any atom is -0.352 e. The molecule has 0 aliphatic carbocycles.